The monoisotopic (exact) mass is 301 g/mol. The molecule has 2 aromatic carbocycles. The summed E-state index contributed by atoms with van der Waals surface area (Å²) in [6, 6.07) is 13.8. The van der Waals surface area contributed by atoms with Crippen LogP contribution in [0, 0.1) is 20.8 Å². The minimum Gasteiger partial charge on any atom is -0.244 e. The molecular weight excluding hydrogens is 278 g/mol. The standard InChI is InChI=1S/C18H23NOS/c1-13(2)21(20,17-9-7-6-8-10-17)19-18-15(4)11-14(3)12-16(18)5/h6-13H,1-5H3. The normalized spacial score (nSPS) is 14.0. The Balaban J connectivity index is 2.73. The average Bonchev–Trinajstić information content (AvgIpc) is 2.43. The molecule has 0 aliphatic carbocycles. The molecule has 1 unspecified atom stereocenters. The zero-order chi connectivity index (χ0) is 15.6. The quantitative estimate of drug-likeness (QED) is 0.768. The number of rotatable bonds is 3. The van der Waals surface area contributed by atoms with Gasteiger partial charge in [-0.15, -0.1) is 0 Å². The number of benzene rings is 2. The predicted octanol–water partition coefficient (Wildman–Crippen LogP) is 5.18. The fourth-order valence-corrected chi connectivity index (χ4v) is 4.46. The van der Waals surface area contributed by atoms with Gasteiger partial charge < -0.3 is 0 Å². The summed E-state index contributed by atoms with van der Waals surface area (Å²) in [5.74, 6) is 0. The molecule has 3 heteroatoms. The Bertz CT molecular complexity index is 731. The SMILES string of the molecule is Cc1cc(C)c(N=S(=O)(c2ccccc2)C(C)C)c(C)c1. The lowest BCUT2D eigenvalue weighted by molar-refractivity contribution is 0.669. The van der Waals surface area contributed by atoms with Crippen molar-refractivity contribution >= 4 is 15.4 Å². The van der Waals surface area contributed by atoms with Crippen LogP contribution in [0.25, 0.3) is 0 Å². The lowest BCUT2D eigenvalue weighted by Crippen LogP contribution is -2.13. The summed E-state index contributed by atoms with van der Waals surface area (Å²) < 4.78 is 18.2. The first-order valence-electron chi connectivity index (χ1n) is 7.23. The van der Waals surface area contributed by atoms with Crippen molar-refractivity contribution < 1.29 is 4.21 Å². The van der Waals surface area contributed by atoms with Crippen molar-refractivity contribution in [2.45, 2.75) is 44.8 Å². The largest absolute Gasteiger partial charge is 0.244 e. The average molecular weight is 301 g/mol. The van der Waals surface area contributed by atoms with Gasteiger partial charge in [0.05, 0.1) is 15.4 Å². The molecular formula is C18H23NOS. The molecule has 0 heterocycles. The van der Waals surface area contributed by atoms with E-state index in [4.69, 9.17) is 4.36 Å². The summed E-state index contributed by atoms with van der Waals surface area (Å²) in [6.45, 7) is 10.1. The lowest BCUT2D eigenvalue weighted by Gasteiger charge is -2.16. The molecule has 0 saturated carbocycles. The second-order valence-electron chi connectivity index (χ2n) is 5.77. The van der Waals surface area contributed by atoms with Crippen LogP contribution in [0.1, 0.15) is 30.5 Å². The molecule has 112 valence electrons. The van der Waals surface area contributed by atoms with Gasteiger partial charge in [0.15, 0.2) is 0 Å². The van der Waals surface area contributed by atoms with Crippen molar-refractivity contribution in [2.24, 2.45) is 4.36 Å². The topological polar surface area (TPSA) is 29.4 Å². The zero-order valence-corrected chi connectivity index (χ0v) is 14.2. The van der Waals surface area contributed by atoms with Crippen LogP contribution >= 0.6 is 0 Å². The summed E-state index contributed by atoms with van der Waals surface area (Å²) in [5.41, 5.74) is 4.23. The van der Waals surface area contributed by atoms with Crippen LogP contribution in [0.15, 0.2) is 51.7 Å². The van der Waals surface area contributed by atoms with Gasteiger partial charge in [0.1, 0.15) is 0 Å². The Kier molecular flexibility index (Phi) is 4.52. The maximum absolute atomic E-state index is 13.5. The minimum atomic E-state index is -2.47. The summed E-state index contributed by atoms with van der Waals surface area (Å²) >= 11 is 0. The van der Waals surface area contributed by atoms with Crippen molar-refractivity contribution in [1.29, 1.82) is 0 Å². The molecule has 0 aliphatic rings. The molecule has 2 aromatic rings. The fraction of sp³-hybridized carbons (Fsp3) is 0.333. The van der Waals surface area contributed by atoms with E-state index in [0.717, 1.165) is 21.7 Å². The third-order valence-corrected chi connectivity index (χ3v) is 6.26. The van der Waals surface area contributed by atoms with E-state index in [1.54, 1.807) is 0 Å². The third-order valence-electron chi connectivity index (χ3n) is 3.58. The van der Waals surface area contributed by atoms with E-state index in [2.05, 4.69) is 19.1 Å². The molecule has 0 fully saturated rings. The van der Waals surface area contributed by atoms with Crippen LogP contribution < -0.4 is 0 Å². The van der Waals surface area contributed by atoms with E-state index < -0.39 is 9.73 Å². The first kappa shape index (κ1) is 15.8. The molecule has 2 rings (SSSR count). The number of nitrogens with zero attached hydrogens (tertiary/aromatic N) is 1. The molecule has 0 aliphatic heterocycles. The number of aryl methyl sites for hydroxylation is 3. The predicted molar refractivity (Wildman–Crippen MR) is 90.7 cm³/mol. The van der Waals surface area contributed by atoms with Crippen molar-refractivity contribution in [2.75, 3.05) is 0 Å². The number of hydrogen-bond donors (Lipinski definition) is 0. The van der Waals surface area contributed by atoms with Gasteiger partial charge in [0, 0.05) is 10.1 Å². The summed E-state index contributed by atoms with van der Waals surface area (Å²) in [5, 5.41) is -0.0417. The van der Waals surface area contributed by atoms with E-state index >= 15 is 0 Å². The summed E-state index contributed by atoms with van der Waals surface area (Å²) in [7, 11) is -2.47. The molecule has 1 atom stereocenters. The van der Waals surface area contributed by atoms with E-state index in [1.807, 2.05) is 58.0 Å². The zero-order valence-electron chi connectivity index (χ0n) is 13.4. The molecule has 0 saturated heterocycles. The third kappa shape index (κ3) is 3.18. The van der Waals surface area contributed by atoms with Crippen LogP contribution in [0.2, 0.25) is 0 Å². The Morgan fingerprint density at radius 1 is 0.952 bits per heavy atom. The maximum atomic E-state index is 13.5. The van der Waals surface area contributed by atoms with Gasteiger partial charge in [-0.2, -0.15) is 4.36 Å². The van der Waals surface area contributed by atoms with Crippen molar-refractivity contribution in [3.63, 3.8) is 0 Å². The second kappa shape index (κ2) is 6.02. The molecule has 0 bridgehead atoms. The molecule has 2 nitrogen and oxygen atoms in total. The maximum Gasteiger partial charge on any atom is 0.0824 e. The van der Waals surface area contributed by atoms with Gasteiger partial charge in [-0.25, -0.2) is 4.21 Å². The van der Waals surface area contributed by atoms with Gasteiger partial charge in [-0.05, 0) is 57.9 Å². The highest BCUT2D eigenvalue weighted by Crippen LogP contribution is 2.30. The van der Waals surface area contributed by atoms with Gasteiger partial charge in [0.2, 0.25) is 0 Å². The lowest BCUT2D eigenvalue weighted by atomic mass is 10.1. The van der Waals surface area contributed by atoms with Crippen LogP contribution in [0.4, 0.5) is 5.69 Å². The Labute approximate surface area is 128 Å². The van der Waals surface area contributed by atoms with Crippen LogP contribution in [-0.2, 0) is 9.73 Å². The highest BCUT2D eigenvalue weighted by molar-refractivity contribution is 7.94. The summed E-state index contributed by atoms with van der Waals surface area (Å²) in [6.07, 6.45) is 0. The molecule has 0 radical (unpaired) electrons. The Hall–Kier alpha value is -1.61. The number of hydrogen-bond acceptors (Lipinski definition) is 2. The van der Waals surface area contributed by atoms with Crippen LogP contribution in [-0.4, -0.2) is 9.46 Å². The van der Waals surface area contributed by atoms with E-state index in [1.165, 1.54) is 5.56 Å². The molecule has 0 aromatic heterocycles. The Morgan fingerprint density at radius 2 is 1.48 bits per heavy atom. The molecule has 0 amide bonds. The first-order valence-corrected chi connectivity index (χ1v) is 8.81. The highest BCUT2D eigenvalue weighted by atomic mass is 32.2. The van der Waals surface area contributed by atoms with Crippen molar-refractivity contribution in [1.82, 2.24) is 0 Å². The van der Waals surface area contributed by atoms with Crippen LogP contribution in [0.3, 0.4) is 0 Å². The molecule has 21 heavy (non-hydrogen) atoms. The first-order chi connectivity index (χ1) is 9.84. The fourth-order valence-electron chi connectivity index (χ4n) is 2.50. The van der Waals surface area contributed by atoms with Crippen molar-refractivity contribution in [3.8, 4) is 0 Å². The van der Waals surface area contributed by atoms with E-state index in [9.17, 15) is 4.21 Å². The molecule has 0 spiro atoms. The van der Waals surface area contributed by atoms with Gasteiger partial charge in [-0.1, -0.05) is 35.9 Å². The summed E-state index contributed by atoms with van der Waals surface area (Å²) in [4.78, 5) is 0.805. The van der Waals surface area contributed by atoms with Crippen molar-refractivity contribution in [3.05, 3.63) is 59.2 Å². The minimum absolute atomic E-state index is 0.0417. The highest BCUT2D eigenvalue weighted by Gasteiger charge is 2.18. The van der Waals surface area contributed by atoms with Crippen LogP contribution in [0.5, 0.6) is 0 Å². The van der Waals surface area contributed by atoms with Gasteiger partial charge in [-0.3, -0.25) is 0 Å². The van der Waals surface area contributed by atoms with E-state index in [0.29, 0.717) is 0 Å². The second-order valence-corrected chi connectivity index (χ2v) is 8.50. The smallest absolute Gasteiger partial charge is 0.0824 e. The van der Waals surface area contributed by atoms with E-state index in [-0.39, 0.29) is 5.25 Å². The Morgan fingerprint density at radius 3 is 1.95 bits per heavy atom. The molecule has 0 N–H and O–H groups in total. The van der Waals surface area contributed by atoms with Gasteiger partial charge >= 0.3 is 0 Å². The van der Waals surface area contributed by atoms with Gasteiger partial charge in [0.25, 0.3) is 0 Å².